The molecule has 0 aliphatic heterocycles. The minimum atomic E-state index is -0.269. The summed E-state index contributed by atoms with van der Waals surface area (Å²) >= 11 is 1.48. The highest BCUT2D eigenvalue weighted by atomic mass is 32.1. The third-order valence-electron chi connectivity index (χ3n) is 6.89. The fourth-order valence-electron chi connectivity index (χ4n) is 6.35. The maximum absolute atomic E-state index is 11.7. The second-order valence-electron chi connectivity index (χ2n) is 8.57. The van der Waals surface area contributed by atoms with Gasteiger partial charge in [0.2, 0.25) is 0 Å². The Morgan fingerprint density at radius 1 is 1.12 bits per heavy atom. The lowest BCUT2D eigenvalue weighted by Gasteiger charge is -2.56. The first-order valence-electron chi connectivity index (χ1n) is 9.26. The van der Waals surface area contributed by atoms with Crippen LogP contribution in [-0.4, -0.2) is 15.1 Å². The number of aromatic amines is 1. The van der Waals surface area contributed by atoms with Gasteiger partial charge >= 0.3 is 0 Å². The van der Waals surface area contributed by atoms with Gasteiger partial charge < -0.3 is 10.1 Å². The SMILES string of the molecule is O=c1cc(O)c2sc3nc(C45CC6CC(CC(C6)C4)C5)ccc3c2[nH]1. The highest BCUT2D eigenvalue weighted by Crippen LogP contribution is 2.60. The highest BCUT2D eigenvalue weighted by molar-refractivity contribution is 7.25. The average Bonchev–Trinajstić information content (AvgIpc) is 2.92. The van der Waals surface area contributed by atoms with Crippen LogP contribution in [-0.2, 0) is 5.41 Å². The Bertz CT molecular complexity index is 1050. The van der Waals surface area contributed by atoms with Crippen molar-refractivity contribution in [2.75, 3.05) is 0 Å². The molecule has 3 aromatic rings. The zero-order valence-corrected chi connectivity index (χ0v) is 14.7. The van der Waals surface area contributed by atoms with Gasteiger partial charge in [-0.15, -0.1) is 11.3 Å². The molecule has 128 valence electrons. The van der Waals surface area contributed by atoms with E-state index in [4.69, 9.17) is 4.98 Å². The van der Waals surface area contributed by atoms with Crippen molar-refractivity contribution in [3.63, 3.8) is 0 Å². The van der Waals surface area contributed by atoms with Crippen molar-refractivity contribution in [1.29, 1.82) is 0 Å². The second kappa shape index (κ2) is 4.64. The monoisotopic (exact) mass is 352 g/mol. The number of rotatable bonds is 1. The van der Waals surface area contributed by atoms with E-state index in [2.05, 4.69) is 17.1 Å². The van der Waals surface area contributed by atoms with E-state index in [1.807, 2.05) is 0 Å². The van der Waals surface area contributed by atoms with Crippen LogP contribution in [0, 0.1) is 17.8 Å². The number of pyridine rings is 2. The minimum absolute atomic E-state index is 0.0538. The van der Waals surface area contributed by atoms with Gasteiger partial charge in [0, 0.05) is 22.6 Å². The van der Waals surface area contributed by atoms with Crippen molar-refractivity contribution in [1.82, 2.24) is 9.97 Å². The van der Waals surface area contributed by atoms with E-state index >= 15 is 0 Å². The summed E-state index contributed by atoms with van der Waals surface area (Å²) in [6.07, 6.45) is 8.18. The molecule has 25 heavy (non-hydrogen) atoms. The summed E-state index contributed by atoms with van der Waals surface area (Å²) in [7, 11) is 0. The number of H-pyrrole nitrogens is 1. The van der Waals surface area contributed by atoms with E-state index in [9.17, 15) is 9.90 Å². The molecule has 0 amide bonds. The van der Waals surface area contributed by atoms with Gasteiger partial charge in [-0.3, -0.25) is 4.79 Å². The Morgan fingerprint density at radius 2 is 1.80 bits per heavy atom. The van der Waals surface area contributed by atoms with Crippen LogP contribution in [0.15, 0.2) is 23.0 Å². The van der Waals surface area contributed by atoms with Gasteiger partial charge in [-0.05, 0) is 68.4 Å². The van der Waals surface area contributed by atoms with Crippen LogP contribution in [0.3, 0.4) is 0 Å². The van der Waals surface area contributed by atoms with Gasteiger partial charge in [-0.1, -0.05) is 0 Å². The van der Waals surface area contributed by atoms with Crippen LogP contribution in [0.1, 0.15) is 44.2 Å². The van der Waals surface area contributed by atoms with Crippen molar-refractivity contribution >= 4 is 31.8 Å². The molecule has 4 bridgehead atoms. The quantitative estimate of drug-likeness (QED) is 0.686. The fourth-order valence-corrected chi connectivity index (χ4v) is 7.40. The summed E-state index contributed by atoms with van der Waals surface area (Å²) in [6.45, 7) is 0. The lowest BCUT2D eigenvalue weighted by atomic mass is 9.49. The predicted molar refractivity (Wildman–Crippen MR) is 99.3 cm³/mol. The summed E-state index contributed by atoms with van der Waals surface area (Å²) in [5.74, 6) is 2.74. The molecule has 0 spiro atoms. The van der Waals surface area contributed by atoms with E-state index < -0.39 is 0 Å². The van der Waals surface area contributed by atoms with E-state index in [1.54, 1.807) is 0 Å². The molecule has 0 aromatic carbocycles. The Labute approximate surface area is 148 Å². The van der Waals surface area contributed by atoms with E-state index in [1.165, 1.54) is 61.6 Å². The molecule has 4 saturated carbocycles. The molecule has 0 radical (unpaired) electrons. The average molecular weight is 352 g/mol. The summed E-state index contributed by atoms with van der Waals surface area (Å²) in [5, 5.41) is 11.1. The summed E-state index contributed by atoms with van der Waals surface area (Å²) in [5.41, 5.74) is 1.96. The predicted octanol–water partition coefficient (Wildman–Crippen LogP) is 4.31. The second-order valence-corrected chi connectivity index (χ2v) is 9.57. The van der Waals surface area contributed by atoms with Crippen molar-refractivity contribution in [2.24, 2.45) is 17.8 Å². The first-order chi connectivity index (χ1) is 12.1. The lowest BCUT2D eigenvalue weighted by molar-refractivity contribution is -0.00704. The summed E-state index contributed by atoms with van der Waals surface area (Å²) in [6, 6.07) is 5.53. The Kier molecular flexibility index (Phi) is 2.65. The molecular formula is C20H20N2O2S. The third kappa shape index (κ3) is 1.93. The van der Waals surface area contributed by atoms with E-state index in [0.29, 0.717) is 0 Å². The molecule has 3 aromatic heterocycles. The van der Waals surface area contributed by atoms with Crippen LogP contribution in [0.25, 0.3) is 20.4 Å². The highest BCUT2D eigenvalue weighted by Gasteiger charge is 2.52. The molecule has 5 heteroatoms. The molecule has 4 nitrogen and oxygen atoms in total. The third-order valence-corrected chi connectivity index (χ3v) is 8.01. The van der Waals surface area contributed by atoms with E-state index in [-0.39, 0.29) is 16.7 Å². The molecule has 0 saturated heterocycles. The first kappa shape index (κ1) is 14.3. The van der Waals surface area contributed by atoms with Crippen LogP contribution in [0.2, 0.25) is 0 Å². The maximum Gasteiger partial charge on any atom is 0.252 e. The molecule has 2 N–H and O–H groups in total. The number of hydrogen-bond donors (Lipinski definition) is 2. The zero-order valence-electron chi connectivity index (χ0n) is 13.9. The van der Waals surface area contributed by atoms with Crippen LogP contribution >= 0.6 is 11.3 Å². The maximum atomic E-state index is 11.7. The van der Waals surface area contributed by atoms with Gasteiger partial charge in [0.15, 0.2) is 0 Å². The van der Waals surface area contributed by atoms with E-state index in [0.717, 1.165) is 38.2 Å². The van der Waals surface area contributed by atoms with Gasteiger partial charge in [-0.2, -0.15) is 0 Å². The minimum Gasteiger partial charge on any atom is -0.506 e. The van der Waals surface area contributed by atoms with Gasteiger partial charge in [-0.25, -0.2) is 4.98 Å². The number of fused-ring (bicyclic) bond motifs is 3. The number of hydrogen-bond acceptors (Lipinski definition) is 4. The molecule has 0 unspecified atom stereocenters. The van der Waals surface area contributed by atoms with Crippen molar-refractivity contribution in [3.8, 4) is 5.75 Å². The smallest absolute Gasteiger partial charge is 0.252 e. The van der Waals surface area contributed by atoms with Crippen LogP contribution in [0.5, 0.6) is 5.75 Å². The molecule has 4 fully saturated rings. The lowest BCUT2D eigenvalue weighted by Crippen LogP contribution is -2.48. The topological polar surface area (TPSA) is 66.0 Å². The number of thiophene rings is 1. The molecule has 4 aliphatic carbocycles. The standard InChI is InChI=1S/C20H20N2O2S/c23-14-6-16(24)22-17-13-1-2-15(21-19(13)25-18(14)17)20-7-10-3-11(8-20)5-12(4-10)9-20/h1-2,6,10-12H,3-5,7-9H2,(H2,22,23,24). The van der Waals surface area contributed by atoms with Crippen molar-refractivity contribution in [2.45, 2.75) is 43.9 Å². The summed E-state index contributed by atoms with van der Waals surface area (Å²) < 4.78 is 0.727. The number of nitrogens with one attached hydrogen (secondary N) is 1. The molecule has 3 heterocycles. The number of aromatic hydroxyl groups is 1. The zero-order chi connectivity index (χ0) is 16.8. The van der Waals surface area contributed by atoms with Gasteiger partial charge in [0.25, 0.3) is 5.56 Å². The Balaban J connectivity index is 1.54. The van der Waals surface area contributed by atoms with Crippen LogP contribution < -0.4 is 5.56 Å². The molecular weight excluding hydrogens is 332 g/mol. The molecule has 7 rings (SSSR count). The fraction of sp³-hybridized carbons (Fsp3) is 0.500. The van der Waals surface area contributed by atoms with Gasteiger partial charge in [0.1, 0.15) is 10.6 Å². The van der Waals surface area contributed by atoms with Gasteiger partial charge in [0.05, 0.1) is 10.2 Å². The Hall–Kier alpha value is -1.88. The van der Waals surface area contributed by atoms with Crippen molar-refractivity contribution in [3.05, 3.63) is 34.2 Å². The normalized spacial score (nSPS) is 33.5. The molecule has 4 aliphatic rings. The number of nitrogens with zero attached hydrogens (tertiary/aromatic N) is 1. The largest absolute Gasteiger partial charge is 0.506 e. The Morgan fingerprint density at radius 3 is 2.48 bits per heavy atom. The van der Waals surface area contributed by atoms with Crippen LogP contribution in [0.4, 0.5) is 0 Å². The van der Waals surface area contributed by atoms with Crippen molar-refractivity contribution < 1.29 is 5.11 Å². The molecule has 0 atom stereocenters. The number of aromatic nitrogens is 2. The first-order valence-corrected chi connectivity index (χ1v) is 10.1. The summed E-state index contributed by atoms with van der Waals surface area (Å²) in [4.78, 5) is 20.6.